The molecule has 4 rings (SSSR count). The number of halogens is 1. The third-order valence-corrected chi connectivity index (χ3v) is 6.36. The lowest BCUT2D eigenvalue weighted by Crippen LogP contribution is -2.20. The topological polar surface area (TPSA) is 60.5 Å². The van der Waals surface area contributed by atoms with Gasteiger partial charge in [0.2, 0.25) is 0 Å². The Bertz CT molecular complexity index is 1210. The predicted molar refractivity (Wildman–Crippen MR) is 129 cm³/mol. The first kappa shape index (κ1) is 21.3. The predicted octanol–water partition coefficient (Wildman–Crippen LogP) is 6.45. The Labute approximate surface area is 193 Å². The SMILES string of the molecule is CCOc1cc(-c2nc3ccccc3s2)c(Br)cc1OCC(=O)Nc1ccccc1C. The fourth-order valence-corrected chi connectivity index (χ4v) is 4.75. The molecule has 1 amide bonds. The molecule has 1 heterocycles. The van der Waals surface area contributed by atoms with E-state index in [1.165, 1.54) is 0 Å². The molecule has 158 valence electrons. The summed E-state index contributed by atoms with van der Waals surface area (Å²) in [5.74, 6) is 0.838. The molecule has 4 aromatic rings. The molecule has 0 bridgehead atoms. The number of hydrogen-bond acceptors (Lipinski definition) is 5. The number of amides is 1. The van der Waals surface area contributed by atoms with Crippen molar-refractivity contribution in [1.82, 2.24) is 4.98 Å². The van der Waals surface area contributed by atoms with Crippen LogP contribution in [0.15, 0.2) is 65.1 Å². The quantitative estimate of drug-likeness (QED) is 0.319. The van der Waals surface area contributed by atoms with Crippen molar-refractivity contribution in [1.29, 1.82) is 0 Å². The third-order valence-electron chi connectivity index (χ3n) is 4.64. The summed E-state index contributed by atoms with van der Waals surface area (Å²) in [6.45, 7) is 4.21. The van der Waals surface area contributed by atoms with Crippen molar-refractivity contribution < 1.29 is 14.3 Å². The van der Waals surface area contributed by atoms with Crippen molar-refractivity contribution in [2.75, 3.05) is 18.5 Å². The van der Waals surface area contributed by atoms with Crippen LogP contribution in [0.25, 0.3) is 20.8 Å². The number of hydrogen-bond donors (Lipinski definition) is 1. The average molecular weight is 497 g/mol. The first-order chi connectivity index (χ1) is 15.0. The Balaban J connectivity index is 1.55. The van der Waals surface area contributed by atoms with Crippen LogP contribution in [0.5, 0.6) is 11.5 Å². The van der Waals surface area contributed by atoms with E-state index in [-0.39, 0.29) is 12.5 Å². The smallest absolute Gasteiger partial charge is 0.262 e. The highest BCUT2D eigenvalue weighted by molar-refractivity contribution is 9.10. The molecular formula is C24H21BrN2O3S. The summed E-state index contributed by atoms with van der Waals surface area (Å²) < 4.78 is 13.6. The zero-order valence-corrected chi connectivity index (χ0v) is 19.5. The highest BCUT2D eigenvalue weighted by Gasteiger charge is 2.16. The van der Waals surface area contributed by atoms with Crippen LogP contribution < -0.4 is 14.8 Å². The molecule has 0 radical (unpaired) electrons. The molecule has 3 aromatic carbocycles. The molecule has 0 saturated carbocycles. The van der Waals surface area contributed by atoms with E-state index in [1.807, 2.05) is 68.4 Å². The van der Waals surface area contributed by atoms with Gasteiger partial charge in [0.1, 0.15) is 5.01 Å². The number of ether oxygens (including phenoxy) is 2. The van der Waals surface area contributed by atoms with E-state index in [9.17, 15) is 4.79 Å². The number of anilines is 1. The second-order valence-corrected chi connectivity index (χ2v) is 8.74. The van der Waals surface area contributed by atoms with Gasteiger partial charge < -0.3 is 14.8 Å². The molecule has 0 fully saturated rings. The van der Waals surface area contributed by atoms with Crippen molar-refractivity contribution in [3.8, 4) is 22.1 Å². The van der Waals surface area contributed by atoms with E-state index in [1.54, 1.807) is 11.3 Å². The maximum Gasteiger partial charge on any atom is 0.262 e. The van der Waals surface area contributed by atoms with Crippen LogP contribution >= 0.6 is 27.3 Å². The van der Waals surface area contributed by atoms with Crippen LogP contribution in [0.4, 0.5) is 5.69 Å². The van der Waals surface area contributed by atoms with Gasteiger partial charge in [0.15, 0.2) is 18.1 Å². The van der Waals surface area contributed by atoms with E-state index in [4.69, 9.17) is 14.5 Å². The van der Waals surface area contributed by atoms with Crippen LogP contribution in [0, 0.1) is 6.92 Å². The number of thiazole rings is 1. The van der Waals surface area contributed by atoms with E-state index in [0.717, 1.165) is 36.5 Å². The van der Waals surface area contributed by atoms with Crippen LogP contribution in [-0.2, 0) is 4.79 Å². The zero-order valence-electron chi connectivity index (χ0n) is 17.1. The minimum atomic E-state index is -0.233. The van der Waals surface area contributed by atoms with E-state index in [2.05, 4.69) is 27.3 Å². The van der Waals surface area contributed by atoms with Crippen molar-refractivity contribution in [2.45, 2.75) is 13.8 Å². The first-order valence-corrected chi connectivity index (χ1v) is 11.5. The first-order valence-electron chi connectivity index (χ1n) is 9.85. The highest BCUT2D eigenvalue weighted by atomic mass is 79.9. The van der Waals surface area contributed by atoms with Gasteiger partial charge in [0.05, 0.1) is 16.8 Å². The van der Waals surface area contributed by atoms with Gasteiger partial charge in [0, 0.05) is 15.7 Å². The van der Waals surface area contributed by atoms with E-state index < -0.39 is 0 Å². The summed E-state index contributed by atoms with van der Waals surface area (Å²) in [5, 5.41) is 3.76. The molecule has 0 atom stereocenters. The fraction of sp³-hybridized carbons (Fsp3) is 0.167. The lowest BCUT2D eigenvalue weighted by Gasteiger charge is -2.14. The minimum absolute atomic E-state index is 0.124. The van der Waals surface area contributed by atoms with Crippen molar-refractivity contribution >= 4 is 49.1 Å². The molecule has 5 nitrogen and oxygen atoms in total. The van der Waals surface area contributed by atoms with Gasteiger partial charge in [-0.25, -0.2) is 4.98 Å². The summed E-state index contributed by atoms with van der Waals surface area (Å²) in [6, 6.07) is 19.4. The Hall–Kier alpha value is -2.90. The summed E-state index contributed by atoms with van der Waals surface area (Å²) in [6.07, 6.45) is 0. The largest absolute Gasteiger partial charge is 0.490 e. The van der Waals surface area contributed by atoms with Crippen LogP contribution in [0.1, 0.15) is 12.5 Å². The van der Waals surface area contributed by atoms with Crippen LogP contribution in [-0.4, -0.2) is 24.1 Å². The van der Waals surface area contributed by atoms with Crippen molar-refractivity contribution in [3.05, 3.63) is 70.7 Å². The second kappa shape index (κ2) is 9.49. The number of nitrogens with zero attached hydrogens (tertiary/aromatic N) is 1. The summed E-state index contributed by atoms with van der Waals surface area (Å²) in [4.78, 5) is 17.1. The number of aromatic nitrogens is 1. The number of para-hydroxylation sites is 2. The number of carbonyl (C=O) groups is 1. The molecule has 31 heavy (non-hydrogen) atoms. The third kappa shape index (κ3) is 4.89. The molecule has 7 heteroatoms. The molecule has 0 saturated heterocycles. The number of nitrogens with one attached hydrogen (secondary N) is 1. The highest BCUT2D eigenvalue weighted by Crippen LogP contribution is 2.41. The zero-order chi connectivity index (χ0) is 21.8. The summed E-state index contributed by atoms with van der Waals surface area (Å²) >= 11 is 5.24. The number of carbonyl (C=O) groups excluding carboxylic acids is 1. The van der Waals surface area contributed by atoms with Gasteiger partial charge in [-0.05, 0) is 65.7 Å². The molecule has 0 aliphatic carbocycles. The number of fused-ring (bicyclic) bond motifs is 1. The number of aryl methyl sites for hydroxylation is 1. The van der Waals surface area contributed by atoms with Gasteiger partial charge in [-0.15, -0.1) is 11.3 Å². The lowest BCUT2D eigenvalue weighted by molar-refractivity contribution is -0.118. The van der Waals surface area contributed by atoms with E-state index in [0.29, 0.717) is 18.1 Å². The maximum absolute atomic E-state index is 12.4. The Morgan fingerprint density at radius 2 is 1.81 bits per heavy atom. The molecule has 0 spiro atoms. The molecule has 1 aromatic heterocycles. The number of rotatable bonds is 7. The van der Waals surface area contributed by atoms with Gasteiger partial charge in [-0.3, -0.25) is 4.79 Å². The summed E-state index contributed by atoms with van der Waals surface area (Å²) in [5.41, 5.74) is 3.64. The van der Waals surface area contributed by atoms with Crippen molar-refractivity contribution in [3.63, 3.8) is 0 Å². The van der Waals surface area contributed by atoms with Gasteiger partial charge in [-0.1, -0.05) is 30.3 Å². The molecular weight excluding hydrogens is 476 g/mol. The van der Waals surface area contributed by atoms with Gasteiger partial charge >= 0.3 is 0 Å². The standard InChI is InChI=1S/C24H21BrN2O3S/c1-3-29-20-12-16(24-27-19-10-6-7-11-22(19)31-24)17(25)13-21(20)30-14-23(28)26-18-9-5-4-8-15(18)2/h4-13H,3,14H2,1-2H3,(H,26,28). The fourth-order valence-electron chi connectivity index (χ4n) is 3.11. The second-order valence-electron chi connectivity index (χ2n) is 6.85. The van der Waals surface area contributed by atoms with Crippen molar-refractivity contribution in [2.24, 2.45) is 0 Å². The van der Waals surface area contributed by atoms with Gasteiger partial charge in [-0.2, -0.15) is 0 Å². The minimum Gasteiger partial charge on any atom is -0.490 e. The molecule has 0 aliphatic heterocycles. The Morgan fingerprint density at radius 3 is 2.58 bits per heavy atom. The van der Waals surface area contributed by atoms with E-state index >= 15 is 0 Å². The molecule has 0 unspecified atom stereocenters. The van der Waals surface area contributed by atoms with Crippen LogP contribution in [0.2, 0.25) is 0 Å². The lowest BCUT2D eigenvalue weighted by atomic mass is 10.2. The number of benzene rings is 3. The monoisotopic (exact) mass is 496 g/mol. The van der Waals surface area contributed by atoms with Gasteiger partial charge in [0.25, 0.3) is 5.91 Å². The normalized spacial score (nSPS) is 10.8. The Morgan fingerprint density at radius 1 is 1.06 bits per heavy atom. The molecule has 0 aliphatic rings. The maximum atomic E-state index is 12.4. The van der Waals surface area contributed by atoms with Crippen LogP contribution in [0.3, 0.4) is 0 Å². The Kier molecular flexibility index (Phi) is 6.53. The summed E-state index contributed by atoms with van der Waals surface area (Å²) in [7, 11) is 0. The average Bonchev–Trinajstić information content (AvgIpc) is 3.19. The molecule has 1 N–H and O–H groups in total.